The fourth-order valence-corrected chi connectivity index (χ4v) is 2.75. The monoisotopic (exact) mass is 235 g/mol. The van der Waals surface area contributed by atoms with Crippen LogP contribution >= 0.6 is 8.73 Å². The maximum Gasteiger partial charge on any atom is 0.228 e. The Morgan fingerprint density at radius 2 is 2.31 bits per heavy atom. The van der Waals surface area contributed by atoms with E-state index in [4.69, 9.17) is 0 Å². The second-order valence-corrected chi connectivity index (χ2v) is 6.00. The molecule has 0 amide bonds. The van der Waals surface area contributed by atoms with Crippen molar-refractivity contribution in [3.8, 4) is 0 Å². The van der Waals surface area contributed by atoms with Crippen molar-refractivity contribution < 1.29 is 0 Å². The van der Waals surface area contributed by atoms with E-state index in [0.717, 1.165) is 38.1 Å². The fraction of sp³-hybridized carbons (Fsp3) is 0.500. The van der Waals surface area contributed by atoms with Gasteiger partial charge >= 0.3 is 0 Å². The lowest BCUT2D eigenvalue weighted by atomic mass is 10.2. The van der Waals surface area contributed by atoms with E-state index in [0.29, 0.717) is 0 Å². The smallest absolute Gasteiger partial charge is 0.228 e. The second kappa shape index (κ2) is 4.92. The molecule has 2 rings (SSSR count). The van der Waals surface area contributed by atoms with Crippen molar-refractivity contribution in [1.29, 1.82) is 0 Å². The molecule has 4 heteroatoms. The van der Waals surface area contributed by atoms with Crippen LogP contribution in [0.25, 0.3) is 0 Å². The van der Waals surface area contributed by atoms with E-state index in [9.17, 15) is 0 Å². The summed E-state index contributed by atoms with van der Waals surface area (Å²) in [6, 6.07) is 2.03. The lowest BCUT2D eigenvalue weighted by Gasteiger charge is -2.17. The SMILES string of the molecule is C=CCc1cc(C)nc(N(C)PC2CC2)n1. The van der Waals surface area contributed by atoms with Crippen LogP contribution in [0.4, 0.5) is 5.95 Å². The highest BCUT2D eigenvalue weighted by Crippen LogP contribution is 2.41. The molecule has 0 N–H and O–H groups in total. The van der Waals surface area contributed by atoms with E-state index < -0.39 is 0 Å². The van der Waals surface area contributed by atoms with E-state index in [2.05, 4.69) is 28.3 Å². The molecule has 16 heavy (non-hydrogen) atoms. The van der Waals surface area contributed by atoms with Crippen LogP contribution < -0.4 is 4.67 Å². The third-order valence-electron chi connectivity index (χ3n) is 2.50. The minimum absolute atomic E-state index is 0.816. The van der Waals surface area contributed by atoms with Gasteiger partial charge in [0.15, 0.2) is 0 Å². The molecule has 86 valence electrons. The summed E-state index contributed by atoms with van der Waals surface area (Å²) in [5, 5.41) is 0. The largest absolute Gasteiger partial charge is 0.325 e. The first-order valence-corrected chi connectivity index (χ1v) is 6.67. The maximum absolute atomic E-state index is 4.55. The predicted octanol–water partition coefficient (Wildman–Crippen LogP) is 2.71. The van der Waals surface area contributed by atoms with Crippen LogP contribution in [0, 0.1) is 6.92 Å². The number of hydrogen-bond acceptors (Lipinski definition) is 3. The number of anilines is 1. The molecule has 1 aromatic rings. The third kappa shape index (κ3) is 3.02. The zero-order chi connectivity index (χ0) is 11.5. The van der Waals surface area contributed by atoms with Crippen LogP contribution in [0.5, 0.6) is 0 Å². The molecule has 0 spiro atoms. The molecular formula is C12H18N3P. The summed E-state index contributed by atoms with van der Waals surface area (Å²) in [7, 11) is 2.91. The normalized spacial score (nSPS) is 15.6. The van der Waals surface area contributed by atoms with E-state index in [-0.39, 0.29) is 0 Å². The molecule has 0 radical (unpaired) electrons. The first-order valence-electron chi connectivity index (χ1n) is 5.64. The number of aromatic nitrogens is 2. The molecule has 1 unspecified atom stereocenters. The Morgan fingerprint density at radius 3 is 2.94 bits per heavy atom. The van der Waals surface area contributed by atoms with Gasteiger partial charge in [0.25, 0.3) is 0 Å². The van der Waals surface area contributed by atoms with Crippen molar-refractivity contribution in [2.24, 2.45) is 0 Å². The van der Waals surface area contributed by atoms with E-state index in [1.165, 1.54) is 12.8 Å². The van der Waals surface area contributed by atoms with Gasteiger partial charge in [0, 0.05) is 24.9 Å². The standard InChI is InChI=1S/C12H18N3P/c1-4-5-10-8-9(2)13-12(14-10)15(3)16-11-6-7-11/h4,8,11,16H,1,5-7H2,2-3H3. The van der Waals surface area contributed by atoms with Crippen molar-refractivity contribution in [2.75, 3.05) is 11.7 Å². The van der Waals surface area contributed by atoms with Crippen LogP contribution in [0.2, 0.25) is 0 Å². The number of aryl methyl sites for hydroxylation is 1. The van der Waals surface area contributed by atoms with Crippen LogP contribution in [-0.4, -0.2) is 22.7 Å². The Labute approximate surface area is 98.8 Å². The molecule has 1 fully saturated rings. The Balaban J connectivity index is 2.14. The van der Waals surface area contributed by atoms with Gasteiger partial charge in [-0.1, -0.05) is 6.08 Å². The summed E-state index contributed by atoms with van der Waals surface area (Å²) in [5.41, 5.74) is 2.98. The average Bonchev–Trinajstić information content (AvgIpc) is 3.01. The van der Waals surface area contributed by atoms with Gasteiger partial charge in [0.2, 0.25) is 5.95 Å². The first kappa shape index (κ1) is 11.5. The lowest BCUT2D eigenvalue weighted by Crippen LogP contribution is -2.11. The lowest BCUT2D eigenvalue weighted by molar-refractivity contribution is 0.991. The van der Waals surface area contributed by atoms with Gasteiger partial charge in [-0.15, -0.1) is 6.58 Å². The topological polar surface area (TPSA) is 29.0 Å². The predicted molar refractivity (Wildman–Crippen MR) is 70.4 cm³/mol. The summed E-state index contributed by atoms with van der Waals surface area (Å²) in [4.78, 5) is 9.04. The second-order valence-electron chi connectivity index (χ2n) is 4.26. The summed E-state index contributed by atoms with van der Waals surface area (Å²) in [6.07, 6.45) is 5.44. The van der Waals surface area contributed by atoms with Gasteiger partial charge in [-0.3, -0.25) is 0 Å². The highest BCUT2D eigenvalue weighted by Gasteiger charge is 2.24. The molecule has 3 nitrogen and oxygen atoms in total. The maximum atomic E-state index is 4.55. The minimum atomic E-state index is 0.816. The van der Waals surface area contributed by atoms with Crippen LogP contribution in [0.1, 0.15) is 24.2 Å². The van der Waals surface area contributed by atoms with Crippen molar-refractivity contribution in [1.82, 2.24) is 9.97 Å². The highest BCUT2D eigenvalue weighted by atomic mass is 31.1. The molecule has 0 aromatic carbocycles. The van der Waals surface area contributed by atoms with Crippen molar-refractivity contribution >= 4 is 14.7 Å². The van der Waals surface area contributed by atoms with Gasteiger partial charge in [-0.25, -0.2) is 9.97 Å². The summed E-state index contributed by atoms with van der Waals surface area (Å²) < 4.78 is 2.19. The number of nitrogens with zero attached hydrogens (tertiary/aromatic N) is 3. The molecule has 0 aliphatic heterocycles. The molecule has 1 saturated carbocycles. The summed E-state index contributed by atoms with van der Waals surface area (Å²) in [5.74, 6) is 0.863. The molecule has 0 bridgehead atoms. The minimum Gasteiger partial charge on any atom is -0.325 e. The number of allylic oxidation sites excluding steroid dienone is 1. The average molecular weight is 235 g/mol. The molecular weight excluding hydrogens is 217 g/mol. The first-order chi connectivity index (χ1) is 7.69. The Hall–Kier alpha value is -0.950. The summed E-state index contributed by atoms with van der Waals surface area (Å²) in [6.45, 7) is 5.77. The van der Waals surface area contributed by atoms with Gasteiger partial charge in [-0.05, 0) is 40.2 Å². The Morgan fingerprint density at radius 1 is 1.56 bits per heavy atom. The Kier molecular flexibility index (Phi) is 3.55. The number of hydrogen-bond donors (Lipinski definition) is 0. The quantitative estimate of drug-likeness (QED) is 0.580. The van der Waals surface area contributed by atoms with Crippen LogP contribution in [0.15, 0.2) is 18.7 Å². The Bertz CT molecular complexity index is 388. The van der Waals surface area contributed by atoms with Crippen LogP contribution in [-0.2, 0) is 6.42 Å². The van der Waals surface area contributed by atoms with Gasteiger partial charge in [0.05, 0.1) is 0 Å². The van der Waals surface area contributed by atoms with Gasteiger partial charge < -0.3 is 4.67 Å². The summed E-state index contributed by atoms with van der Waals surface area (Å²) >= 11 is 0. The van der Waals surface area contributed by atoms with Gasteiger partial charge in [0.1, 0.15) is 0 Å². The van der Waals surface area contributed by atoms with Gasteiger partial charge in [-0.2, -0.15) is 0 Å². The molecule has 1 heterocycles. The van der Waals surface area contributed by atoms with Crippen molar-refractivity contribution in [3.63, 3.8) is 0 Å². The molecule has 1 atom stereocenters. The van der Waals surface area contributed by atoms with E-state index in [1.54, 1.807) is 0 Å². The number of rotatable bonds is 5. The molecule has 0 saturated heterocycles. The van der Waals surface area contributed by atoms with E-state index in [1.807, 2.05) is 19.1 Å². The zero-order valence-electron chi connectivity index (χ0n) is 9.90. The highest BCUT2D eigenvalue weighted by molar-refractivity contribution is 7.41. The van der Waals surface area contributed by atoms with Crippen molar-refractivity contribution in [2.45, 2.75) is 31.8 Å². The fourth-order valence-electron chi connectivity index (χ4n) is 1.56. The molecule has 1 aromatic heterocycles. The zero-order valence-corrected chi connectivity index (χ0v) is 10.9. The molecule has 1 aliphatic carbocycles. The third-order valence-corrected chi connectivity index (χ3v) is 4.03. The van der Waals surface area contributed by atoms with Crippen molar-refractivity contribution in [3.05, 3.63) is 30.1 Å². The molecule has 1 aliphatic rings. The van der Waals surface area contributed by atoms with E-state index >= 15 is 0 Å². The van der Waals surface area contributed by atoms with Crippen LogP contribution in [0.3, 0.4) is 0 Å².